The molecule has 2 unspecified atom stereocenters. The molecule has 0 rings (SSSR count). The van der Waals surface area contributed by atoms with Gasteiger partial charge in [-0.25, -0.2) is 0 Å². The summed E-state index contributed by atoms with van der Waals surface area (Å²) in [5, 5.41) is 15.0. The second-order valence-corrected chi connectivity index (χ2v) is 7.27. The summed E-state index contributed by atoms with van der Waals surface area (Å²) < 4.78 is 5.04. The molecule has 9 N–H and O–H groups in total. The van der Waals surface area contributed by atoms with E-state index in [0.29, 0.717) is 65.5 Å². The van der Waals surface area contributed by atoms with Crippen molar-refractivity contribution in [3.63, 3.8) is 0 Å². The molecule has 0 fully saturated rings. The summed E-state index contributed by atoms with van der Waals surface area (Å²) >= 11 is 0. The third-order valence-corrected chi connectivity index (χ3v) is 4.58. The average molecular weight is 446 g/mol. The first-order chi connectivity index (χ1) is 15.0. The molecule has 0 aliphatic heterocycles. The first-order valence-corrected chi connectivity index (χ1v) is 11.1. The summed E-state index contributed by atoms with van der Waals surface area (Å²) in [5.74, 6) is -1.82. The van der Waals surface area contributed by atoms with Crippen LogP contribution in [0.15, 0.2) is 0 Å². The minimum Gasteiger partial charge on any atom is -0.385 e. The Bertz CT molecular complexity index is 494. The van der Waals surface area contributed by atoms with Crippen molar-refractivity contribution in [2.24, 2.45) is 17.4 Å². The quantitative estimate of drug-likeness (QED) is 0.0732. The Morgan fingerprint density at radius 3 is 2.00 bits per heavy atom. The maximum absolute atomic E-state index is 12.7. The summed E-state index contributed by atoms with van der Waals surface area (Å²) in [6, 6.07) is -0.589. The van der Waals surface area contributed by atoms with Crippen LogP contribution in [0.4, 0.5) is 0 Å². The van der Waals surface area contributed by atoms with Gasteiger partial charge in [0.05, 0.1) is 0 Å². The van der Waals surface area contributed by atoms with Crippen molar-refractivity contribution in [2.45, 2.75) is 32.2 Å². The van der Waals surface area contributed by atoms with Gasteiger partial charge in [-0.1, -0.05) is 0 Å². The number of carbonyl (C=O) groups is 3. The van der Waals surface area contributed by atoms with Crippen LogP contribution in [0.5, 0.6) is 0 Å². The van der Waals surface area contributed by atoms with Crippen LogP contribution in [0.2, 0.25) is 0 Å². The number of Topliss-reactive ketones (excluding diaryl/α,β-unsaturated/α-hetero) is 1. The van der Waals surface area contributed by atoms with Crippen LogP contribution in [0, 0.1) is 5.92 Å². The van der Waals surface area contributed by atoms with Crippen molar-refractivity contribution in [3.8, 4) is 0 Å². The van der Waals surface area contributed by atoms with E-state index in [1.807, 2.05) is 0 Å². The molecule has 0 bridgehead atoms. The molecule has 2 atom stereocenters. The molecular weight excluding hydrogens is 402 g/mol. The molecule has 11 nitrogen and oxygen atoms in total. The molecule has 31 heavy (non-hydrogen) atoms. The van der Waals surface area contributed by atoms with Gasteiger partial charge in [0.15, 0.2) is 0 Å². The molecule has 0 saturated heterocycles. The lowest BCUT2D eigenvalue weighted by atomic mass is 9.91. The molecule has 0 aromatic carbocycles. The van der Waals surface area contributed by atoms with Gasteiger partial charge in [0.25, 0.3) is 0 Å². The number of carbonyl (C=O) groups excluding carboxylic acids is 3. The standard InChI is InChI=1S/C20H43N7O4/c1-16(28)19(20(30)27-13-11-24-9-6-22)17(25-7-3-4-14-31-2)15-18(29)26-12-10-23-8-5-21/h17,19,23-25H,3-15,21-22H2,1-2H3,(H,26,29)(H,27,30). The number of hydrogen-bond donors (Lipinski definition) is 7. The van der Waals surface area contributed by atoms with E-state index in [1.54, 1.807) is 7.11 Å². The van der Waals surface area contributed by atoms with Gasteiger partial charge in [0, 0.05) is 78.5 Å². The second kappa shape index (κ2) is 20.3. The van der Waals surface area contributed by atoms with Crippen LogP contribution in [-0.4, -0.2) is 96.3 Å². The van der Waals surface area contributed by atoms with Crippen molar-refractivity contribution in [1.29, 1.82) is 0 Å². The zero-order valence-corrected chi connectivity index (χ0v) is 19.1. The zero-order chi connectivity index (χ0) is 23.3. The fourth-order valence-electron chi connectivity index (χ4n) is 3.02. The molecular formula is C20H43N7O4. The van der Waals surface area contributed by atoms with Crippen LogP contribution in [0.1, 0.15) is 26.2 Å². The van der Waals surface area contributed by atoms with Crippen LogP contribution in [0.3, 0.4) is 0 Å². The largest absolute Gasteiger partial charge is 0.385 e. The van der Waals surface area contributed by atoms with Crippen molar-refractivity contribution in [2.75, 3.05) is 72.6 Å². The molecule has 0 aromatic heterocycles. The normalized spacial score (nSPS) is 12.9. The lowest BCUT2D eigenvalue weighted by molar-refractivity contribution is -0.134. The molecule has 0 saturated carbocycles. The zero-order valence-electron chi connectivity index (χ0n) is 19.1. The monoisotopic (exact) mass is 445 g/mol. The van der Waals surface area contributed by atoms with E-state index in [0.717, 1.165) is 12.8 Å². The van der Waals surface area contributed by atoms with Crippen LogP contribution < -0.4 is 38.1 Å². The lowest BCUT2D eigenvalue weighted by Gasteiger charge is -2.25. The number of ether oxygens (including phenoxy) is 1. The smallest absolute Gasteiger partial charge is 0.232 e. The lowest BCUT2D eigenvalue weighted by Crippen LogP contribution is -2.51. The van der Waals surface area contributed by atoms with Gasteiger partial charge >= 0.3 is 0 Å². The highest BCUT2D eigenvalue weighted by molar-refractivity contribution is 6.01. The Labute approximate surface area is 186 Å². The van der Waals surface area contributed by atoms with E-state index in [-0.39, 0.29) is 24.0 Å². The van der Waals surface area contributed by atoms with Crippen molar-refractivity contribution in [3.05, 3.63) is 0 Å². The Hall–Kier alpha value is -1.63. The first-order valence-electron chi connectivity index (χ1n) is 11.1. The average Bonchev–Trinajstić information content (AvgIpc) is 2.73. The van der Waals surface area contributed by atoms with Gasteiger partial charge < -0.3 is 42.8 Å². The summed E-state index contributed by atoms with van der Waals surface area (Å²) in [6.07, 6.45) is 1.69. The van der Waals surface area contributed by atoms with Gasteiger partial charge in [-0.3, -0.25) is 14.4 Å². The van der Waals surface area contributed by atoms with Crippen LogP contribution in [-0.2, 0) is 19.1 Å². The third kappa shape index (κ3) is 15.8. The molecule has 0 aliphatic rings. The van der Waals surface area contributed by atoms with E-state index in [2.05, 4.69) is 26.6 Å². The molecule has 0 aromatic rings. The first kappa shape index (κ1) is 29.4. The number of hydrogen-bond acceptors (Lipinski definition) is 9. The molecule has 0 radical (unpaired) electrons. The summed E-state index contributed by atoms with van der Waals surface area (Å²) in [4.78, 5) is 37.4. The number of unbranched alkanes of at least 4 members (excludes halogenated alkanes) is 1. The van der Waals surface area contributed by atoms with Crippen LogP contribution in [0.25, 0.3) is 0 Å². The van der Waals surface area contributed by atoms with Gasteiger partial charge in [-0.15, -0.1) is 0 Å². The molecule has 11 heteroatoms. The maximum Gasteiger partial charge on any atom is 0.232 e. The molecule has 182 valence electrons. The Morgan fingerprint density at radius 1 is 0.839 bits per heavy atom. The van der Waals surface area contributed by atoms with Crippen LogP contribution >= 0.6 is 0 Å². The van der Waals surface area contributed by atoms with E-state index in [1.165, 1.54) is 6.92 Å². The number of nitrogens with two attached hydrogens (primary N) is 2. The Kier molecular flexibility index (Phi) is 19.2. The number of rotatable bonds is 21. The van der Waals surface area contributed by atoms with E-state index < -0.39 is 12.0 Å². The second-order valence-electron chi connectivity index (χ2n) is 7.27. The van der Waals surface area contributed by atoms with Gasteiger partial charge in [0.1, 0.15) is 11.7 Å². The third-order valence-electron chi connectivity index (χ3n) is 4.58. The van der Waals surface area contributed by atoms with Gasteiger partial charge in [-0.05, 0) is 26.3 Å². The number of methoxy groups -OCH3 is 1. The SMILES string of the molecule is COCCCCNC(CC(=O)NCCNCCN)C(C(C)=O)C(=O)NCCNCCN. The fourth-order valence-corrected chi connectivity index (χ4v) is 3.02. The minimum absolute atomic E-state index is 0.0320. The Balaban J connectivity index is 4.85. The van der Waals surface area contributed by atoms with Crippen molar-refractivity contribution < 1.29 is 19.1 Å². The summed E-state index contributed by atoms with van der Waals surface area (Å²) in [5.41, 5.74) is 10.8. The minimum atomic E-state index is -0.946. The Morgan fingerprint density at radius 2 is 1.45 bits per heavy atom. The van der Waals surface area contributed by atoms with E-state index in [4.69, 9.17) is 16.2 Å². The highest BCUT2D eigenvalue weighted by Crippen LogP contribution is 2.11. The molecule has 0 aliphatic carbocycles. The fraction of sp³-hybridized carbons (Fsp3) is 0.850. The number of nitrogens with one attached hydrogen (secondary N) is 5. The summed E-state index contributed by atoms with van der Waals surface area (Å²) in [6.45, 7) is 6.94. The van der Waals surface area contributed by atoms with Crippen molar-refractivity contribution >= 4 is 17.6 Å². The highest BCUT2D eigenvalue weighted by Gasteiger charge is 2.33. The highest BCUT2D eigenvalue weighted by atomic mass is 16.5. The van der Waals surface area contributed by atoms with E-state index >= 15 is 0 Å². The maximum atomic E-state index is 12.7. The van der Waals surface area contributed by atoms with Crippen molar-refractivity contribution in [1.82, 2.24) is 26.6 Å². The van der Waals surface area contributed by atoms with E-state index in [9.17, 15) is 14.4 Å². The topological polar surface area (TPSA) is 173 Å². The summed E-state index contributed by atoms with van der Waals surface area (Å²) in [7, 11) is 1.64. The van der Waals surface area contributed by atoms with Gasteiger partial charge in [0.2, 0.25) is 11.8 Å². The number of ketones is 1. The van der Waals surface area contributed by atoms with Gasteiger partial charge in [-0.2, -0.15) is 0 Å². The predicted octanol–water partition coefficient (Wildman–Crippen LogP) is -2.70. The molecule has 2 amide bonds. The predicted molar refractivity (Wildman–Crippen MR) is 122 cm³/mol. The number of amides is 2. The molecule has 0 spiro atoms. The molecule has 0 heterocycles.